The van der Waals surface area contributed by atoms with E-state index < -0.39 is 23.3 Å². The lowest BCUT2D eigenvalue weighted by Crippen LogP contribution is -2.15. The summed E-state index contributed by atoms with van der Waals surface area (Å²) in [6.07, 6.45) is 0. The van der Waals surface area contributed by atoms with Crippen LogP contribution in [0, 0.1) is 10.1 Å². The van der Waals surface area contributed by atoms with Crippen molar-refractivity contribution in [2.24, 2.45) is 0 Å². The van der Waals surface area contributed by atoms with Gasteiger partial charge in [-0.25, -0.2) is 4.79 Å². The van der Waals surface area contributed by atoms with E-state index in [0.29, 0.717) is 5.75 Å². The highest BCUT2D eigenvalue weighted by Gasteiger charge is 2.19. The first-order valence-electron chi connectivity index (χ1n) is 6.71. The van der Waals surface area contributed by atoms with E-state index in [9.17, 15) is 19.7 Å². The van der Waals surface area contributed by atoms with Gasteiger partial charge in [0.25, 0.3) is 5.69 Å². The number of benzene rings is 2. The van der Waals surface area contributed by atoms with Crippen LogP contribution in [0.1, 0.15) is 20.7 Å². The summed E-state index contributed by atoms with van der Waals surface area (Å²) in [6, 6.07) is 10.4. The van der Waals surface area contributed by atoms with Crippen molar-refractivity contribution >= 4 is 33.4 Å². The van der Waals surface area contributed by atoms with Crippen molar-refractivity contribution in [3.05, 3.63) is 68.2 Å². The number of hydrogen-bond donors (Lipinski definition) is 0. The summed E-state index contributed by atoms with van der Waals surface area (Å²) in [6.45, 7) is -0.497. The number of rotatable bonds is 6. The number of carbonyl (C=O) groups excluding carboxylic acids is 2. The third kappa shape index (κ3) is 3.96. The Hall–Kier alpha value is -2.74. The number of para-hydroxylation sites is 1. The molecule has 2 rings (SSSR count). The maximum Gasteiger partial charge on any atom is 0.338 e. The molecule has 0 aromatic heterocycles. The zero-order chi connectivity index (χ0) is 17.7. The van der Waals surface area contributed by atoms with Crippen molar-refractivity contribution in [3.63, 3.8) is 0 Å². The number of hydrogen-bond acceptors (Lipinski definition) is 6. The number of nitro benzene ring substituents is 1. The first kappa shape index (κ1) is 17.6. The normalized spacial score (nSPS) is 10.1. The van der Waals surface area contributed by atoms with Gasteiger partial charge in [-0.15, -0.1) is 0 Å². The van der Waals surface area contributed by atoms with Crippen LogP contribution >= 0.6 is 15.9 Å². The fraction of sp³-hybridized carbons (Fsp3) is 0.125. The van der Waals surface area contributed by atoms with E-state index in [4.69, 9.17) is 9.47 Å². The number of Topliss-reactive ketones (excluding diaryl/α,β-unsaturated/α-hetero) is 1. The van der Waals surface area contributed by atoms with Gasteiger partial charge in [-0.05, 0) is 40.2 Å². The topological polar surface area (TPSA) is 95.7 Å². The quantitative estimate of drug-likeness (QED) is 0.323. The predicted octanol–water partition coefficient (Wildman–Crippen LogP) is 3.41. The van der Waals surface area contributed by atoms with Crippen LogP contribution in [0.15, 0.2) is 46.9 Å². The fourth-order valence-corrected chi connectivity index (χ4v) is 2.34. The Balaban J connectivity index is 2.09. The second-order valence-electron chi connectivity index (χ2n) is 4.62. The Morgan fingerprint density at radius 2 is 1.92 bits per heavy atom. The minimum absolute atomic E-state index is 0.0160. The lowest BCUT2D eigenvalue weighted by molar-refractivity contribution is -0.385. The molecule has 0 heterocycles. The van der Waals surface area contributed by atoms with Gasteiger partial charge in [-0.1, -0.05) is 12.1 Å². The highest BCUT2D eigenvalue weighted by atomic mass is 79.9. The summed E-state index contributed by atoms with van der Waals surface area (Å²) < 4.78 is 10.3. The van der Waals surface area contributed by atoms with Crippen molar-refractivity contribution < 1.29 is 24.0 Å². The SMILES string of the molecule is COc1ccccc1C(=O)COC(=O)c1ccc(Br)c([N+](=O)[O-])c1. The maximum atomic E-state index is 12.1. The van der Waals surface area contributed by atoms with Crippen molar-refractivity contribution in [2.75, 3.05) is 13.7 Å². The Bertz CT molecular complexity index is 805. The van der Waals surface area contributed by atoms with Gasteiger partial charge in [0.05, 0.1) is 27.6 Å². The summed E-state index contributed by atoms with van der Waals surface area (Å²) >= 11 is 3.03. The highest BCUT2D eigenvalue weighted by molar-refractivity contribution is 9.10. The van der Waals surface area contributed by atoms with E-state index >= 15 is 0 Å². The second kappa shape index (κ2) is 7.69. The summed E-state index contributed by atoms with van der Waals surface area (Å²) in [5.41, 5.74) is 0.00724. The number of nitro groups is 1. The lowest BCUT2D eigenvalue weighted by Gasteiger charge is -2.08. The number of esters is 1. The van der Waals surface area contributed by atoms with E-state index in [0.717, 1.165) is 6.07 Å². The average molecular weight is 394 g/mol. The minimum atomic E-state index is -0.825. The standard InChI is InChI=1S/C16H12BrNO6/c1-23-15-5-3-2-4-11(15)14(19)9-24-16(20)10-6-7-12(17)13(8-10)18(21)22/h2-8H,9H2,1H3. The Morgan fingerprint density at radius 3 is 2.58 bits per heavy atom. The lowest BCUT2D eigenvalue weighted by atomic mass is 10.1. The molecule has 0 spiro atoms. The molecule has 0 aliphatic heterocycles. The monoisotopic (exact) mass is 393 g/mol. The molecule has 0 N–H and O–H groups in total. The van der Waals surface area contributed by atoms with Crippen molar-refractivity contribution in [3.8, 4) is 5.75 Å². The molecule has 0 unspecified atom stereocenters. The second-order valence-corrected chi connectivity index (χ2v) is 5.48. The van der Waals surface area contributed by atoms with Gasteiger partial charge in [0.15, 0.2) is 6.61 Å². The van der Waals surface area contributed by atoms with Crippen LogP contribution in [0.4, 0.5) is 5.69 Å². The molecular formula is C16H12BrNO6. The van der Waals surface area contributed by atoms with Crippen LogP contribution in [0.3, 0.4) is 0 Å². The van der Waals surface area contributed by atoms with Crippen molar-refractivity contribution in [1.82, 2.24) is 0 Å². The molecule has 0 saturated carbocycles. The Kier molecular flexibility index (Phi) is 5.64. The molecule has 8 heteroatoms. The number of methoxy groups -OCH3 is 1. The van der Waals surface area contributed by atoms with Crippen LogP contribution < -0.4 is 4.74 Å². The number of ketones is 1. The summed E-state index contributed by atoms with van der Waals surface area (Å²) in [5, 5.41) is 10.9. The fourth-order valence-electron chi connectivity index (χ4n) is 1.95. The molecule has 2 aromatic carbocycles. The molecule has 0 radical (unpaired) electrons. The molecule has 0 fully saturated rings. The smallest absolute Gasteiger partial charge is 0.338 e. The van der Waals surface area contributed by atoms with Gasteiger partial charge in [0.2, 0.25) is 5.78 Å². The van der Waals surface area contributed by atoms with Crippen LogP contribution in [-0.2, 0) is 4.74 Å². The largest absolute Gasteiger partial charge is 0.496 e. The Labute approximate surface area is 145 Å². The van der Waals surface area contributed by atoms with Gasteiger partial charge in [-0.2, -0.15) is 0 Å². The molecule has 0 amide bonds. The average Bonchev–Trinajstić information content (AvgIpc) is 2.59. The minimum Gasteiger partial charge on any atom is -0.496 e. The van der Waals surface area contributed by atoms with Crippen LogP contribution in [0.25, 0.3) is 0 Å². The van der Waals surface area contributed by atoms with Gasteiger partial charge >= 0.3 is 5.97 Å². The molecule has 0 aliphatic carbocycles. The maximum absolute atomic E-state index is 12.1. The summed E-state index contributed by atoms with van der Waals surface area (Å²) in [5.74, 6) is -0.890. The van der Waals surface area contributed by atoms with Crippen LogP contribution in [-0.4, -0.2) is 30.4 Å². The van der Waals surface area contributed by atoms with E-state index in [2.05, 4.69) is 15.9 Å². The van der Waals surface area contributed by atoms with E-state index in [1.165, 1.54) is 19.2 Å². The third-order valence-electron chi connectivity index (χ3n) is 3.12. The van der Waals surface area contributed by atoms with E-state index in [-0.39, 0.29) is 21.3 Å². The zero-order valence-corrected chi connectivity index (χ0v) is 14.1. The van der Waals surface area contributed by atoms with Crippen molar-refractivity contribution in [2.45, 2.75) is 0 Å². The first-order chi connectivity index (χ1) is 11.4. The molecule has 2 aromatic rings. The molecular weight excluding hydrogens is 382 g/mol. The molecule has 0 saturated heterocycles. The van der Waals surface area contributed by atoms with Crippen LogP contribution in [0.2, 0.25) is 0 Å². The zero-order valence-electron chi connectivity index (χ0n) is 12.5. The molecule has 7 nitrogen and oxygen atoms in total. The number of carbonyl (C=O) groups is 2. The van der Waals surface area contributed by atoms with Gasteiger partial charge in [-0.3, -0.25) is 14.9 Å². The predicted molar refractivity (Wildman–Crippen MR) is 88.4 cm³/mol. The van der Waals surface area contributed by atoms with Crippen LogP contribution in [0.5, 0.6) is 5.75 Å². The molecule has 0 aliphatic rings. The highest BCUT2D eigenvalue weighted by Crippen LogP contribution is 2.26. The number of halogens is 1. The number of nitrogens with zero attached hydrogens (tertiary/aromatic N) is 1. The molecule has 0 atom stereocenters. The van der Waals surface area contributed by atoms with E-state index in [1.807, 2.05) is 0 Å². The molecule has 24 heavy (non-hydrogen) atoms. The summed E-state index contributed by atoms with van der Waals surface area (Å²) in [4.78, 5) is 34.3. The Morgan fingerprint density at radius 1 is 1.21 bits per heavy atom. The molecule has 0 bridgehead atoms. The van der Waals surface area contributed by atoms with Gasteiger partial charge in [0, 0.05) is 6.07 Å². The molecule has 124 valence electrons. The van der Waals surface area contributed by atoms with Gasteiger partial charge < -0.3 is 9.47 Å². The number of ether oxygens (including phenoxy) is 2. The van der Waals surface area contributed by atoms with Gasteiger partial charge in [0.1, 0.15) is 5.75 Å². The third-order valence-corrected chi connectivity index (χ3v) is 3.79. The van der Waals surface area contributed by atoms with Crippen molar-refractivity contribution in [1.29, 1.82) is 0 Å². The first-order valence-corrected chi connectivity index (χ1v) is 7.50. The summed E-state index contributed by atoms with van der Waals surface area (Å²) in [7, 11) is 1.43. The van der Waals surface area contributed by atoms with E-state index in [1.54, 1.807) is 24.3 Å².